The fourth-order valence-corrected chi connectivity index (χ4v) is 0.480. The van der Waals surface area contributed by atoms with Crippen LogP contribution < -0.4 is 169 Å². The average molecular weight is 288 g/mol. The third kappa shape index (κ3) is 17.1. The van der Waals surface area contributed by atoms with E-state index in [1.54, 1.807) is 0 Å². The Bertz CT molecular complexity index is 262. The summed E-state index contributed by atoms with van der Waals surface area (Å²) >= 11 is 0. The van der Waals surface area contributed by atoms with E-state index in [1.165, 1.54) is 0 Å². The van der Waals surface area contributed by atoms with Crippen molar-refractivity contribution in [2.75, 3.05) is 0 Å². The Morgan fingerprint density at radius 3 is 1.53 bits per heavy atom. The SMILES string of the molecule is O=C([O-])/C=C(\CC(=O)[O-])C(=O)[O-].[K+].[K+].[K+]. The van der Waals surface area contributed by atoms with E-state index >= 15 is 0 Å². The first kappa shape index (κ1) is 26.6. The number of carbonyl (C=O) groups is 3. The zero-order valence-electron chi connectivity index (χ0n) is 8.73. The molecule has 0 saturated carbocycles. The minimum absolute atomic E-state index is 0. The van der Waals surface area contributed by atoms with Crippen LogP contribution in [0.4, 0.5) is 0 Å². The molecule has 0 aromatic heterocycles. The smallest absolute Gasteiger partial charge is 0.550 e. The van der Waals surface area contributed by atoms with Crippen molar-refractivity contribution >= 4 is 17.9 Å². The number of carboxylic acids is 3. The molecule has 15 heavy (non-hydrogen) atoms. The van der Waals surface area contributed by atoms with E-state index in [1.807, 2.05) is 0 Å². The van der Waals surface area contributed by atoms with Crippen molar-refractivity contribution < 1.29 is 184 Å². The standard InChI is InChI=1S/C6H6O6.3K/c7-4(8)1-3(6(11)12)2-5(9)10;;;/h1H,2H2,(H,7,8)(H,9,10)(H,11,12);;;/q;3*+1/p-3/b3-1+;;;. The molecule has 66 valence electrons. The molecule has 0 bridgehead atoms. The Labute approximate surface area is 214 Å². The zero-order chi connectivity index (χ0) is 9.72. The maximum absolute atomic E-state index is 10.0. The van der Waals surface area contributed by atoms with Crippen molar-refractivity contribution in [2.24, 2.45) is 0 Å². The van der Waals surface area contributed by atoms with Crippen LogP contribution in [0.5, 0.6) is 0 Å². The van der Waals surface area contributed by atoms with Gasteiger partial charge in [0.05, 0.1) is 11.9 Å². The largest absolute Gasteiger partial charge is 1.00 e. The summed E-state index contributed by atoms with van der Waals surface area (Å²) in [5.41, 5.74) is -0.894. The Morgan fingerprint density at radius 1 is 0.933 bits per heavy atom. The molecule has 0 aromatic rings. The van der Waals surface area contributed by atoms with Crippen molar-refractivity contribution in [2.45, 2.75) is 6.42 Å². The number of carbonyl (C=O) groups excluding carboxylic acids is 3. The van der Waals surface area contributed by atoms with E-state index in [2.05, 4.69) is 0 Å². The van der Waals surface area contributed by atoms with Crippen LogP contribution in [0.2, 0.25) is 0 Å². The molecule has 0 rings (SSSR count). The predicted octanol–water partition coefficient (Wildman–Crippen LogP) is -13.4. The summed E-state index contributed by atoms with van der Waals surface area (Å²) in [6, 6.07) is 0. The van der Waals surface area contributed by atoms with Gasteiger partial charge in [-0.2, -0.15) is 0 Å². The summed E-state index contributed by atoms with van der Waals surface area (Å²) in [5, 5.41) is 29.7. The van der Waals surface area contributed by atoms with Gasteiger partial charge < -0.3 is 29.7 Å². The molecule has 6 nitrogen and oxygen atoms in total. The van der Waals surface area contributed by atoms with Crippen LogP contribution in [0.25, 0.3) is 0 Å². The van der Waals surface area contributed by atoms with E-state index in [9.17, 15) is 29.7 Å². The average Bonchev–Trinajstić information content (AvgIpc) is 1.83. The second kappa shape index (κ2) is 15.1. The van der Waals surface area contributed by atoms with E-state index in [0.717, 1.165) is 0 Å². The monoisotopic (exact) mass is 288 g/mol. The molecule has 0 saturated heterocycles. The van der Waals surface area contributed by atoms with Crippen molar-refractivity contribution in [1.82, 2.24) is 0 Å². The van der Waals surface area contributed by atoms with Gasteiger partial charge in [-0.05, 0) is 11.6 Å². The summed E-state index contributed by atoms with van der Waals surface area (Å²) in [7, 11) is 0. The summed E-state index contributed by atoms with van der Waals surface area (Å²) < 4.78 is 0. The van der Waals surface area contributed by atoms with Gasteiger partial charge in [-0.1, -0.05) is 0 Å². The summed E-state index contributed by atoms with van der Waals surface area (Å²) in [4.78, 5) is 29.7. The number of hydrogen-bond acceptors (Lipinski definition) is 6. The van der Waals surface area contributed by atoms with Crippen molar-refractivity contribution in [3.8, 4) is 0 Å². The van der Waals surface area contributed by atoms with Crippen molar-refractivity contribution in [3.63, 3.8) is 0 Å². The van der Waals surface area contributed by atoms with Crippen molar-refractivity contribution in [3.05, 3.63) is 11.6 Å². The molecule has 0 aliphatic heterocycles. The summed E-state index contributed by atoms with van der Waals surface area (Å²) in [6.07, 6.45) is -0.874. The zero-order valence-corrected chi connectivity index (χ0v) is 18.1. The third-order valence-corrected chi connectivity index (χ3v) is 0.889. The molecule has 9 heteroatoms. The molecule has 0 amide bonds. The van der Waals surface area contributed by atoms with Crippen LogP contribution in [0.3, 0.4) is 0 Å². The van der Waals surface area contributed by atoms with Gasteiger partial charge in [0.1, 0.15) is 0 Å². The van der Waals surface area contributed by atoms with Crippen LogP contribution in [0.1, 0.15) is 6.42 Å². The Kier molecular flexibility index (Phi) is 26.8. The Morgan fingerprint density at radius 2 is 1.33 bits per heavy atom. The van der Waals surface area contributed by atoms with E-state index in [-0.39, 0.29) is 160 Å². The topological polar surface area (TPSA) is 120 Å². The fraction of sp³-hybridized carbons (Fsp3) is 0.167. The third-order valence-electron chi connectivity index (χ3n) is 0.889. The second-order valence-corrected chi connectivity index (χ2v) is 1.82. The maximum Gasteiger partial charge on any atom is 1.00 e. The maximum atomic E-state index is 10.0. The van der Waals surface area contributed by atoms with Gasteiger partial charge in [-0.3, -0.25) is 0 Å². The summed E-state index contributed by atoms with van der Waals surface area (Å²) in [6.45, 7) is 0. The van der Waals surface area contributed by atoms with Crippen LogP contribution in [0.15, 0.2) is 11.6 Å². The fourth-order valence-electron chi connectivity index (χ4n) is 0.480. The second-order valence-electron chi connectivity index (χ2n) is 1.82. The van der Waals surface area contributed by atoms with Gasteiger partial charge in [-0.15, -0.1) is 0 Å². The summed E-state index contributed by atoms with van der Waals surface area (Å²) in [5.74, 6) is -5.37. The van der Waals surface area contributed by atoms with E-state index in [0.29, 0.717) is 0 Å². The molecular formula is C6H3K3O6. The number of rotatable bonds is 4. The van der Waals surface area contributed by atoms with Crippen molar-refractivity contribution in [1.29, 1.82) is 0 Å². The molecule has 0 aliphatic rings. The first-order valence-electron chi connectivity index (χ1n) is 2.76. The number of aliphatic carboxylic acids is 3. The molecule has 0 N–H and O–H groups in total. The van der Waals surface area contributed by atoms with E-state index in [4.69, 9.17) is 0 Å². The molecule has 0 aromatic carbocycles. The van der Waals surface area contributed by atoms with Gasteiger partial charge >= 0.3 is 154 Å². The van der Waals surface area contributed by atoms with Gasteiger partial charge in [0.25, 0.3) is 0 Å². The molecule has 0 heterocycles. The first-order chi connectivity index (χ1) is 5.43. The van der Waals surface area contributed by atoms with Gasteiger partial charge in [0, 0.05) is 12.4 Å². The van der Waals surface area contributed by atoms with Crippen LogP contribution in [-0.2, 0) is 14.4 Å². The quantitative estimate of drug-likeness (QED) is 0.374. The molecular weight excluding hydrogens is 285 g/mol. The Hall–Kier alpha value is 3.06. The Balaban J connectivity index is -0.000000202. The normalized spacial score (nSPS) is 8.67. The van der Waals surface area contributed by atoms with Crippen LogP contribution >= 0.6 is 0 Å². The predicted molar refractivity (Wildman–Crippen MR) is 27.7 cm³/mol. The number of hydrogen-bond donors (Lipinski definition) is 0. The number of carboxylic acid groups (broad SMARTS) is 3. The van der Waals surface area contributed by atoms with Gasteiger partial charge in [0.15, 0.2) is 0 Å². The molecule has 0 aliphatic carbocycles. The first-order valence-corrected chi connectivity index (χ1v) is 2.76. The molecule has 0 spiro atoms. The molecule has 0 radical (unpaired) electrons. The van der Waals surface area contributed by atoms with Gasteiger partial charge in [0.2, 0.25) is 0 Å². The van der Waals surface area contributed by atoms with Crippen LogP contribution in [0, 0.1) is 0 Å². The van der Waals surface area contributed by atoms with Crippen LogP contribution in [-0.4, -0.2) is 17.9 Å². The minimum atomic E-state index is -1.87. The molecule has 0 atom stereocenters. The van der Waals surface area contributed by atoms with Gasteiger partial charge in [-0.25, -0.2) is 0 Å². The molecule has 0 fully saturated rings. The van der Waals surface area contributed by atoms with E-state index < -0.39 is 29.9 Å². The molecule has 0 unspecified atom stereocenters. The minimum Gasteiger partial charge on any atom is -0.550 e.